The largest absolute Gasteiger partial charge is 0.244 e. The van der Waals surface area contributed by atoms with Gasteiger partial charge in [0.1, 0.15) is 16.5 Å². The van der Waals surface area contributed by atoms with Gasteiger partial charge in [0.05, 0.1) is 0 Å². The zero-order valence-corrected chi connectivity index (χ0v) is 13.3. The van der Waals surface area contributed by atoms with Gasteiger partial charge in [-0.1, -0.05) is 13.8 Å². The van der Waals surface area contributed by atoms with Crippen LogP contribution in [0.4, 0.5) is 8.78 Å². The zero-order valence-electron chi connectivity index (χ0n) is 10.9. The van der Waals surface area contributed by atoms with E-state index in [1.807, 2.05) is 13.8 Å². The van der Waals surface area contributed by atoms with E-state index in [0.29, 0.717) is 18.4 Å². The highest BCUT2D eigenvalue weighted by molar-refractivity contribution is 9.10. The molecule has 0 fully saturated rings. The molecule has 0 aromatic heterocycles. The lowest BCUT2D eigenvalue weighted by molar-refractivity contribution is 0.479. The SMILES string of the molecule is CC(C)CC(C)NS(=O)(=O)c1c(F)cc(F)cc1Br. The maximum Gasteiger partial charge on any atom is 0.244 e. The average Bonchev–Trinajstić information content (AvgIpc) is 2.10. The summed E-state index contributed by atoms with van der Waals surface area (Å²) in [5.41, 5.74) is 0. The van der Waals surface area contributed by atoms with Crippen LogP contribution in [0.2, 0.25) is 0 Å². The molecule has 1 aromatic carbocycles. The second-order valence-electron chi connectivity index (χ2n) is 4.85. The number of rotatable bonds is 5. The summed E-state index contributed by atoms with van der Waals surface area (Å²) >= 11 is 2.88. The van der Waals surface area contributed by atoms with Crippen molar-refractivity contribution in [3.8, 4) is 0 Å². The van der Waals surface area contributed by atoms with E-state index in [1.165, 1.54) is 0 Å². The maximum atomic E-state index is 13.6. The molecule has 0 saturated heterocycles. The third-order valence-corrected chi connectivity index (χ3v) is 4.97. The molecule has 0 saturated carbocycles. The molecule has 3 nitrogen and oxygen atoms in total. The van der Waals surface area contributed by atoms with E-state index >= 15 is 0 Å². The van der Waals surface area contributed by atoms with E-state index in [9.17, 15) is 17.2 Å². The van der Waals surface area contributed by atoms with E-state index in [2.05, 4.69) is 20.7 Å². The minimum absolute atomic E-state index is 0.130. The molecule has 7 heteroatoms. The third-order valence-electron chi connectivity index (χ3n) is 2.41. The summed E-state index contributed by atoms with van der Waals surface area (Å²) in [6.45, 7) is 5.62. The highest BCUT2D eigenvalue weighted by Crippen LogP contribution is 2.26. The summed E-state index contributed by atoms with van der Waals surface area (Å²) in [6.07, 6.45) is 0.625. The third kappa shape index (κ3) is 4.50. The Hall–Kier alpha value is -0.530. The molecule has 0 bridgehead atoms. The molecular formula is C12H16BrF2NO2S. The first-order chi connectivity index (χ1) is 8.63. The summed E-state index contributed by atoms with van der Waals surface area (Å²) in [4.78, 5) is -0.565. The Morgan fingerprint density at radius 1 is 1.26 bits per heavy atom. The molecule has 1 atom stereocenters. The standard InChI is InChI=1S/C12H16BrF2NO2S/c1-7(2)4-8(3)16-19(17,18)12-10(13)5-9(14)6-11(12)15/h5-8,16H,4H2,1-3H3. The topological polar surface area (TPSA) is 46.2 Å². The number of hydrogen-bond donors (Lipinski definition) is 1. The molecule has 19 heavy (non-hydrogen) atoms. The smallest absolute Gasteiger partial charge is 0.208 e. The summed E-state index contributed by atoms with van der Waals surface area (Å²) < 4.78 is 53.0. The van der Waals surface area contributed by atoms with Crippen molar-refractivity contribution >= 4 is 26.0 Å². The first-order valence-corrected chi connectivity index (χ1v) is 8.08. The van der Waals surface area contributed by atoms with E-state index in [4.69, 9.17) is 0 Å². The molecule has 1 aromatic rings. The molecule has 0 spiro atoms. The van der Waals surface area contributed by atoms with E-state index < -0.39 is 26.6 Å². The predicted molar refractivity (Wildman–Crippen MR) is 73.3 cm³/mol. The van der Waals surface area contributed by atoms with Crippen molar-refractivity contribution in [2.45, 2.75) is 38.1 Å². The number of benzene rings is 1. The van der Waals surface area contributed by atoms with Crippen LogP contribution in [0.25, 0.3) is 0 Å². The van der Waals surface area contributed by atoms with Crippen LogP contribution >= 0.6 is 15.9 Å². The van der Waals surface area contributed by atoms with Gasteiger partial charge in [-0.05, 0) is 41.3 Å². The van der Waals surface area contributed by atoms with Crippen molar-refractivity contribution in [3.05, 3.63) is 28.2 Å². The van der Waals surface area contributed by atoms with Crippen LogP contribution in [0.3, 0.4) is 0 Å². The molecule has 108 valence electrons. The lowest BCUT2D eigenvalue weighted by Crippen LogP contribution is -2.34. The molecule has 0 aliphatic heterocycles. The fourth-order valence-electron chi connectivity index (χ4n) is 1.86. The Morgan fingerprint density at radius 3 is 2.32 bits per heavy atom. The lowest BCUT2D eigenvalue weighted by Gasteiger charge is -2.17. The Morgan fingerprint density at radius 2 is 1.84 bits per heavy atom. The Bertz CT molecular complexity index is 538. The van der Waals surface area contributed by atoms with Gasteiger partial charge in [-0.25, -0.2) is 21.9 Å². The first-order valence-electron chi connectivity index (χ1n) is 5.80. The number of halogens is 3. The zero-order chi connectivity index (χ0) is 14.8. The van der Waals surface area contributed by atoms with Crippen LogP contribution in [-0.2, 0) is 10.0 Å². The van der Waals surface area contributed by atoms with E-state index in [-0.39, 0.29) is 10.5 Å². The number of sulfonamides is 1. The van der Waals surface area contributed by atoms with Crippen LogP contribution < -0.4 is 4.72 Å². The van der Waals surface area contributed by atoms with Crippen LogP contribution in [0.5, 0.6) is 0 Å². The van der Waals surface area contributed by atoms with Crippen LogP contribution in [-0.4, -0.2) is 14.5 Å². The second-order valence-corrected chi connectivity index (χ2v) is 7.36. The molecule has 0 heterocycles. The Labute approximate surface area is 120 Å². The fraction of sp³-hybridized carbons (Fsp3) is 0.500. The second kappa shape index (κ2) is 6.28. The van der Waals surface area contributed by atoms with Gasteiger partial charge in [-0.2, -0.15) is 0 Å². The average molecular weight is 356 g/mol. The molecule has 1 N–H and O–H groups in total. The molecule has 0 aliphatic rings. The summed E-state index contributed by atoms with van der Waals surface area (Å²) in [5, 5.41) is 0. The minimum Gasteiger partial charge on any atom is -0.208 e. The minimum atomic E-state index is -4.02. The van der Waals surface area contributed by atoms with Crippen LogP contribution in [0.15, 0.2) is 21.5 Å². The van der Waals surface area contributed by atoms with Gasteiger partial charge in [0.2, 0.25) is 10.0 Å². The van der Waals surface area contributed by atoms with Crippen molar-refractivity contribution in [2.24, 2.45) is 5.92 Å². The highest BCUT2D eigenvalue weighted by Gasteiger charge is 2.25. The van der Waals surface area contributed by atoms with Crippen LogP contribution in [0, 0.1) is 17.6 Å². The number of hydrogen-bond acceptors (Lipinski definition) is 2. The summed E-state index contributed by atoms with van der Waals surface area (Å²) in [7, 11) is -4.02. The normalized spacial score (nSPS) is 13.8. The van der Waals surface area contributed by atoms with Crippen molar-refractivity contribution in [1.82, 2.24) is 4.72 Å². The van der Waals surface area contributed by atoms with Crippen molar-refractivity contribution in [3.63, 3.8) is 0 Å². The van der Waals surface area contributed by atoms with Crippen LogP contribution in [0.1, 0.15) is 27.2 Å². The molecule has 0 aliphatic carbocycles. The highest BCUT2D eigenvalue weighted by atomic mass is 79.9. The van der Waals surface area contributed by atoms with Crippen molar-refractivity contribution in [1.29, 1.82) is 0 Å². The molecule has 0 radical (unpaired) electrons. The predicted octanol–water partition coefficient (Wildman–Crippen LogP) is 3.44. The van der Waals surface area contributed by atoms with Gasteiger partial charge in [-0.3, -0.25) is 0 Å². The van der Waals surface area contributed by atoms with Gasteiger partial charge < -0.3 is 0 Å². The van der Waals surface area contributed by atoms with Crippen molar-refractivity contribution < 1.29 is 17.2 Å². The van der Waals surface area contributed by atoms with E-state index in [1.54, 1.807) is 6.92 Å². The first kappa shape index (κ1) is 16.5. The van der Waals surface area contributed by atoms with Gasteiger partial charge >= 0.3 is 0 Å². The lowest BCUT2D eigenvalue weighted by atomic mass is 10.1. The molecule has 0 amide bonds. The van der Waals surface area contributed by atoms with Gasteiger partial charge in [0.25, 0.3) is 0 Å². The number of nitrogens with one attached hydrogen (secondary N) is 1. The van der Waals surface area contributed by atoms with Gasteiger partial charge in [0, 0.05) is 16.6 Å². The Kier molecular flexibility index (Phi) is 5.46. The van der Waals surface area contributed by atoms with Crippen molar-refractivity contribution in [2.75, 3.05) is 0 Å². The van der Waals surface area contributed by atoms with E-state index in [0.717, 1.165) is 6.07 Å². The molecular weight excluding hydrogens is 340 g/mol. The van der Waals surface area contributed by atoms with Gasteiger partial charge in [-0.15, -0.1) is 0 Å². The summed E-state index contributed by atoms with van der Waals surface area (Å²) in [5.74, 6) is -1.64. The Balaban J connectivity index is 3.08. The summed E-state index contributed by atoms with van der Waals surface area (Å²) in [6, 6.07) is 1.14. The molecule has 1 rings (SSSR count). The quantitative estimate of drug-likeness (QED) is 0.879. The molecule has 1 unspecified atom stereocenters. The monoisotopic (exact) mass is 355 g/mol. The fourth-order valence-corrected chi connectivity index (χ4v) is 4.29. The maximum absolute atomic E-state index is 13.6. The van der Waals surface area contributed by atoms with Gasteiger partial charge in [0.15, 0.2) is 0 Å².